The van der Waals surface area contributed by atoms with E-state index in [0.717, 1.165) is 29.9 Å². The lowest BCUT2D eigenvalue weighted by Gasteiger charge is -2.28. The fourth-order valence-electron chi connectivity index (χ4n) is 2.26. The van der Waals surface area contributed by atoms with Gasteiger partial charge in [0, 0.05) is 5.92 Å². The first kappa shape index (κ1) is 12.3. The summed E-state index contributed by atoms with van der Waals surface area (Å²) < 4.78 is 11.1. The quantitative estimate of drug-likeness (QED) is 0.907. The molecule has 1 aliphatic heterocycles. The Bertz CT molecular complexity index is 506. The predicted octanol–water partition coefficient (Wildman–Crippen LogP) is 2.22. The Morgan fingerprint density at radius 1 is 1.21 bits per heavy atom. The molecule has 2 aliphatic rings. The average molecular weight is 261 g/mol. The van der Waals surface area contributed by atoms with Crippen LogP contribution in [0.2, 0.25) is 0 Å². The van der Waals surface area contributed by atoms with E-state index in [9.17, 15) is 4.79 Å². The van der Waals surface area contributed by atoms with Crippen LogP contribution in [0, 0.1) is 5.92 Å². The van der Waals surface area contributed by atoms with Gasteiger partial charge < -0.3 is 14.8 Å². The van der Waals surface area contributed by atoms with E-state index >= 15 is 0 Å². The number of carbonyl (C=O) groups is 1. The van der Waals surface area contributed by atoms with Crippen molar-refractivity contribution < 1.29 is 14.3 Å². The van der Waals surface area contributed by atoms with Gasteiger partial charge in [-0.05, 0) is 44.4 Å². The van der Waals surface area contributed by atoms with E-state index < -0.39 is 5.54 Å². The van der Waals surface area contributed by atoms with Crippen LogP contribution in [0.15, 0.2) is 18.2 Å². The average Bonchev–Trinajstić information content (AvgIpc) is 3.22. The van der Waals surface area contributed by atoms with Crippen LogP contribution in [-0.2, 0) is 10.3 Å². The fraction of sp³-hybridized carbons (Fsp3) is 0.533. The van der Waals surface area contributed by atoms with Crippen LogP contribution in [0.1, 0.15) is 32.3 Å². The fourth-order valence-corrected chi connectivity index (χ4v) is 2.26. The summed E-state index contributed by atoms with van der Waals surface area (Å²) in [5.41, 5.74) is 0.640. The van der Waals surface area contributed by atoms with Gasteiger partial charge in [-0.1, -0.05) is 6.07 Å². The molecule has 1 amide bonds. The Kier molecular flexibility index (Phi) is 2.88. The van der Waals surface area contributed by atoms with Crippen LogP contribution in [0.4, 0.5) is 0 Å². The van der Waals surface area contributed by atoms with Gasteiger partial charge in [-0.25, -0.2) is 0 Å². The maximum atomic E-state index is 11.9. The molecule has 4 heteroatoms. The maximum absolute atomic E-state index is 11.9. The van der Waals surface area contributed by atoms with Crippen molar-refractivity contribution in [2.24, 2.45) is 5.92 Å². The molecule has 0 aromatic heterocycles. The van der Waals surface area contributed by atoms with E-state index in [1.54, 1.807) is 0 Å². The van der Waals surface area contributed by atoms with Gasteiger partial charge in [0.2, 0.25) is 5.91 Å². The van der Waals surface area contributed by atoms with Crippen LogP contribution >= 0.6 is 0 Å². The number of fused-ring (bicyclic) bond motifs is 1. The molecule has 1 heterocycles. The number of hydrogen-bond donors (Lipinski definition) is 1. The summed E-state index contributed by atoms with van der Waals surface area (Å²) in [7, 11) is 0. The molecule has 1 N–H and O–H groups in total. The molecule has 0 bridgehead atoms. The van der Waals surface area contributed by atoms with Crippen molar-refractivity contribution in [1.29, 1.82) is 0 Å². The molecule has 1 saturated carbocycles. The summed E-state index contributed by atoms with van der Waals surface area (Å²) in [4.78, 5) is 11.9. The third kappa shape index (κ3) is 2.53. The van der Waals surface area contributed by atoms with Gasteiger partial charge in [0.25, 0.3) is 0 Å². The summed E-state index contributed by atoms with van der Waals surface area (Å²) in [6, 6.07) is 5.86. The van der Waals surface area contributed by atoms with Crippen LogP contribution in [0.5, 0.6) is 11.5 Å². The third-order valence-corrected chi connectivity index (χ3v) is 3.65. The largest absolute Gasteiger partial charge is 0.486 e. The molecule has 1 aromatic rings. The molecular formula is C15H19NO3. The second-order valence-electron chi connectivity index (χ2n) is 5.75. The topological polar surface area (TPSA) is 47.6 Å². The van der Waals surface area contributed by atoms with Crippen molar-refractivity contribution in [3.63, 3.8) is 0 Å². The van der Waals surface area contributed by atoms with Crippen molar-refractivity contribution in [3.8, 4) is 11.5 Å². The van der Waals surface area contributed by atoms with Gasteiger partial charge >= 0.3 is 0 Å². The lowest BCUT2D eigenvalue weighted by molar-refractivity contribution is -0.124. The number of amides is 1. The number of carbonyl (C=O) groups excluding carboxylic acids is 1. The molecule has 0 spiro atoms. The third-order valence-electron chi connectivity index (χ3n) is 3.65. The van der Waals surface area contributed by atoms with Gasteiger partial charge in [0.15, 0.2) is 11.5 Å². The molecule has 0 unspecified atom stereocenters. The second-order valence-corrected chi connectivity index (χ2v) is 5.75. The molecule has 102 valence electrons. The minimum atomic E-state index is -0.393. The first-order chi connectivity index (χ1) is 9.06. The minimum absolute atomic E-state index is 0.153. The van der Waals surface area contributed by atoms with E-state index in [4.69, 9.17) is 9.47 Å². The highest BCUT2D eigenvalue weighted by Gasteiger charge is 2.34. The highest BCUT2D eigenvalue weighted by atomic mass is 16.6. The summed E-state index contributed by atoms with van der Waals surface area (Å²) >= 11 is 0. The number of nitrogens with one attached hydrogen (secondary N) is 1. The number of benzene rings is 1. The van der Waals surface area contributed by atoms with Crippen LogP contribution in [0.25, 0.3) is 0 Å². The van der Waals surface area contributed by atoms with Crippen molar-refractivity contribution >= 4 is 5.91 Å². The SMILES string of the molecule is CC(C)(NC(=O)C1CC1)c1ccc2c(c1)OCCO2. The molecule has 19 heavy (non-hydrogen) atoms. The lowest BCUT2D eigenvalue weighted by Crippen LogP contribution is -2.41. The van der Waals surface area contributed by atoms with E-state index in [-0.39, 0.29) is 11.8 Å². The molecule has 3 rings (SSSR count). The van der Waals surface area contributed by atoms with Gasteiger partial charge in [-0.2, -0.15) is 0 Å². The molecule has 0 radical (unpaired) electrons. The Labute approximate surface area is 113 Å². The number of ether oxygens (including phenoxy) is 2. The molecule has 4 nitrogen and oxygen atoms in total. The predicted molar refractivity (Wildman–Crippen MR) is 71.3 cm³/mol. The van der Waals surface area contributed by atoms with E-state index in [1.165, 1.54) is 0 Å². The van der Waals surface area contributed by atoms with Crippen molar-refractivity contribution in [3.05, 3.63) is 23.8 Å². The normalized spacial score (nSPS) is 18.0. The molecule has 0 atom stereocenters. The van der Waals surface area contributed by atoms with Crippen molar-refractivity contribution in [1.82, 2.24) is 5.32 Å². The van der Waals surface area contributed by atoms with Gasteiger partial charge in [-0.15, -0.1) is 0 Å². The maximum Gasteiger partial charge on any atom is 0.223 e. The van der Waals surface area contributed by atoms with E-state index in [2.05, 4.69) is 5.32 Å². The van der Waals surface area contributed by atoms with Crippen LogP contribution in [0.3, 0.4) is 0 Å². The molecule has 1 aromatic carbocycles. The lowest BCUT2D eigenvalue weighted by atomic mass is 9.93. The Hall–Kier alpha value is -1.71. The monoisotopic (exact) mass is 261 g/mol. The van der Waals surface area contributed by atoms with Crippen LogP contribution < -0.4 is 14.8 Å². The van der Waals surface area contributed by atoms with Gasteiger partial charge in [-0.3, -0.25) is 4.79 Å². The molecule has 0 saturated heterocycles. The van der Waals surface area contributed by atoms with Gasteiger partial charge in [0.05, 0.1) is 5.54 Å². The zero-order chi connectivity index (χ0) is 13.5. The minimum Gasteiger partial charge on any atom is -0.486 e. The Morgan fingerprint density at radius 3 is 2.58 bits per heavy atom. The summed E-state index contributed by atoms with van der Waals surface area (Å²) in [5.74, 6) is 1.91. The number of rotatable bonds is 3. The summed E-state index contributed by atoms with van der Waals surface area (Å²) in [6.45, 7) is 5.19. The van der Waals surface area contributed by atoms with E-state index in [1.807, 2.05) is 32.0 Å². The standard InChI is InChI=1S/C15H19NO3/c1-15(2,16-14(17)10-3-4-10)11-5-6-12-13(9-11)19-8-7-18-12/h5-6,9-10H,3-4,7-8H2,1-2H3,(H,16,17). The zero-order valence-corrected chi connectivity index (χ0v) is 11.4. The Morgan fingerprint density at radius 2 is 1.89 bits per heavy atom. The summed E-state index contributed by atoms with van der Waals surface area (Å²) in [5, 5.41) is 3.11. The number of hydrogen-bond acceptors (Lipinski definition) is 3. The molecular weight excluding hydrogens is 242 g/mol. The Balaban J connectivity index is 1.81. The van der Waals surface area contributed by atoms with Crippen molar-refractivity contribution in [2.45, 2.75) is 32.2 Å². The van der Waals surface area contributed by atoms with E-state index in [0.29, 0.717) is 13.2 Å². The first-order valence-electron chi connectivity index (χ1n) is 6.78. The smallest absolute Gasteiger partial charge is 0.223 e. The summed E-state index contributed by atoms with van der Waals surface area (Å²) in [6.07, 6.45) is 2.03. The first-order valence-corrected chi connectivity index (χ1v) is 6.78. The van der Waals surface area contributed by atoms with Gasteiger partial charge in [0.1, 0.15) is 13.2 Å². The highest BCUT2D eigenvalue weighted by molar-refractivity contribution is 5.81. The van der Waals surface area contributed by atoms with Crippen LogP contribution in [-0.4, -0.2) is 19.1 Å². The zero-order valence-electron chi connectivity index (χ0n) is 11.4. The molecule has 1 fully saturated rings. The second kappa shape index (κ2) is 4.44. The van der Waals surface area contributed by atoms with Crippen molar-refractivity contribution in [2.75, 3.05) is 13.2 Å². The molecule has 1 aliphatic carbocycles. The highest BCUT2D eigenvalue weighted by Crippen LogP contribution is 2.35.